The second-order valence-corrected chi connectivity index (χ2v) is 5.90. The van der Waals surface area contributed by atoms with E-state index in [0.29, 0.717) is 12.8 Å². The van der Waals surface area contributed by atoms with Crippen LogP contribution in [0.5, 0.6) is 0 Å². The highest BCUT2D eigenvalue weighted by Gasteiger charge is 2.14. The van der Waals surface area contributed by atoms with Crippen LogP contribution in [0.2, 0.25) is 0 Å². The molecule has 1 aliphatic rings. The molecule has 0 heterocycles. The van der Waals surface area contributed by atoms with Crippen molar-refractivity contribution in [3.05, 3.63) is 59.2 Å². The van der Waals surface area contributed by atoms with E-state index < -0.39 is 0 Å². The number of rotatable bonds is 4. The molecule has 3 heteroatoms. The van der Waals surface area contributed by atoms with Gasteiger partial charge in [-0.1, -0.05) is 30.3 Å². The average molecular weight is 294 g/mol. The van der Waals surface area contributed by atoms with Crippen molar-refractivity contribution in [2.24, 2.45) is 0 Å². The molecule has 3 rings (SSSR count). The van der Waals surface area contributed by atoms with E-state index in [0.717, 1.165) is 29.8 Å². The zero-order valence-electron chi connectivity index (χ0n) is 12.8. The van der Waals surface area contributed by atoms with Crippen LogP contribution in [0.1, 0.15) is 36.0 Å². The Morgan fingerprint density at radius 1 is 1.05 bits per heavy atom. The van der Waals surface area contributed by atoms with Gasteiger partial charge in [0.25, 0.3) is 0 Å². The number of nitrogens with two attached hydrogens (primary N) is 1. The third-order valence-electron chi connectivity index (χ3n) is 4.35. The standard InChI is InChI=1S/C19H22N2O/c20-17-10-4-2-7-15(17)12-13-19(22)21-18-11-5-8-14-6-1-3-9-16(14)18/h2,4-5,7-8,10-11H,1,3,6,9,12-13,20H2,(H,21,22). The minimum absolute atomic E-state index is 0.0576. The number of anilines is 2. The van der Waals surface area contributed by atoms with Crippen molar-refractivity contribution in [1.82, 2.24) is 0 Å². The van der Waals surface area contributed by atoms with Crippen LogP contribution in [-0.2, 0) is 24.1 Å². The van der Waals surface area contributed by atoms with Crippen molar-refractivity contribution in [2.75, 3.05) is 11.1 Å². The number of nitrogens with one attached hydrogen (secondary N) is 1. The van der Waals surface area contributed by atoms with Crippen LogP contribution in [0.4, 0.5) is 11.4 Å². The molecule has 0 radical (unpaired) electrons. The Labute approximate surface area is 131 Å². The number of hydrogen-bond acceptors (Lipinski definition) is 2. The van der Waals surface area contributed by atoms with Crippen molar-refractivity contribution in [3.63, 3.8) is 0 Å². The summed E-state index contributed by atoms with van der Waals surface area (Å²) >= 11 is 0. The van der Waals surface area contributed by atoms with Gasteiger partial charge in [-0.2, -0.15) is 0 Å². The Morgan fingerprint density at radius 2 is 1.86 bits per heavy atom. The van der Waals surface area contributed by atoms with Crippen molar-refractivity contribution in [2.45, 2.75) is 38.5 Å². The number of nitrogen functional groups attached to an aromatic ring is 1. The number of amides is 1. The van der Waals surface area contributed by atoms with Gasteiger partial charge in [0.2, 0.25) is 5.91 Å². The number of para-hydroxylation sites is 1. The van der Waals surface area contributed by atoms with Gasteiger partial charge in [-0.15, -0.1) is 0 Å². The predicted octanol–water partition coefficient (Wildman–Crippen LogP) is 3.72. The van der Waals surface area contributed by atoms with E-state index in [1.807, 2.05) is 36.4 Å². The van der Waals surface area contributed by atoms with Crippen LogP contribution in [0, 0.1) is 0 Å². The zero-order chi connectivity index (χ0) is 15.4. The summed E-state index contributed by atoms with van der Waals surface area (Å²) in [5, 5.41) is 3.08. The average Bonchev–Trinajstić information content (AvgIpc) is 2.54. The molecule has 0 spiro atoms. The van der Waals surface area contributed by atoms with Gasteiger partial charge in [-0.05, 0) is 60.9 Å². The maximum Gasteiger partial charge on any atom is 0.224 e. The fourth-order valence-corrected chi connectivity index (χ4v) is 3.12. The summed E-state index contributed by atoms with van der Waals surface area (Å²) in [7, 11) is 0. The van der Waals surface area contributed by atoms with Crippen molar-refractivity contribution in [1.29, 1.82) is 0 Å². The second-order valence-electron chi connectivity index (χ2n) is 5.90. The molecule has 1 amide bonds. The molecule has 0 aliphatic heterocycles. The molecule has 2 aromatic carbocycles. The number of fused-ring (bicyclic) bond motifs is 1. The minimum atomic E-state index is 0.0576. The van der Waals surface area contributed by atoms with Crippen LogP contribution >= 0.6 is 0 Å². The van der Waals surface area contributed by atoms with Crippen molar-refractivity contribution < 1.29 is 4.79 Å². The smallest absolute Gasteiger partial charge is 0.224 e. The van der Waals surface area contributed by atoms with E-state index in [1.54, 1.807) is 0 Å². The number of benzene rings is 2. The third-order valence-corrected chi connectivity index (χ3v) is 4.35. The van der Waals surface area contributed by atoms with Crippen LogP contribution in [0.15, 0.2) is 42.5 Å². The SMILES string of the molecule is Nc1ccccc1CCC(=O)Nc1cccc2c1CCCC2. The summed E-state index contributed by atoms with van der Waals surface area (Å²) in [5.41, 5.74) is 11.4. The molecule has 3 N–H and O–H groups in total. The van der Waals surface area contributed by atoms with Gasteiger partial charge in [0.15, 0.2) is 0 Å². The molecular weight excluding hydrogens is 272 g/mol. The van der Waals surface area contributed by atoms with Crippen molar-refractivity contribution >= 4 is 17.3 Å². The maximum absolute atomic E-state index is 12.2. The van der Waals surface area contributed by atoms with Gasteiger partial charge in [-0.25, -0.2) is 0 Å². The molecule has 0 atom stereocenters. The summed E-state index contributed by atoms with van der Waals surface area (Å²) in [4.78, 5) is 12.2. The Morgan fingerprint density at radius 3 is 2.73 bits per heavy atom. The zero-order valence-corrected chi connectivity index (χ0v) is 12.8. The topological polar surface area (TPSA) is 55.1 Å². The molecule has 22 heavy (non-hydrogen) atoms. The lowest BCUT2D eigenvalue weighted by Crippen LogP contribution is -2.16. The fraction of sp³-hybridized carbons (Fsp3) is 0.316. The van der Waals surface area contributed by atoms with Gasteiger partial charge in [0.05, 0.1) is 0 Å². The lowest BCUT2D eigenvalue weighted by Gasteiger charge is -2.19. The lowest BCUT2D eigenvalue weighted by atomic mass is 9.90. The van der Waals surface area contributed by atoms with Crippen LogP contribution in [-0.4, -0.2) is 5.91 Å². The molecule has 0 fully saturated rings. The molecule has 0 saturated carbocycles. The number of carbonyl (C=O) groups is 1. The summed E-state index contributed by atoms with van der Waals surface area (Å²) in [6.45, 7) is 0. The van der Waals surface area contributed by atoms with E-state index in [1.165, 1.54) is 24.0 Å². The first-order chi connectivity index (χ1) is 10.7. The van der Waals surface area contributed by atoms with E-state index in [2.05, 4.69) is 11.4 Å². The summed E-state index contributed by atoms with van der Waals surface area (Å²) in [6, 6.07) is 13.9. The van der Waals surface area contributed by atoms with Crippen LogP contribution in [0.25, 0.3) is 0 Å². The second kappa shape index (κ2) is 6.65. The van der Waals surface area contributed by atoms with Crippen molar-refractivity contribution in [3.8, 4) is 0 Å². The van der Waals surface area contributed by atoms with Gasteiger partial charge in [0, 0.05) is 17.8 Å². The molecule has 0 bridgehead atoms. The lowest BCUT2D eigenvalue weighted by molar-refractivity contribution is -0.116. The molecule has 2 aromatic rings. The minimum Gasteiger partial charge on any atom is -0.399 e. The summed E-state index contributed by atoms with van der Waals surface area (Å²) < 4.78 is 0. The summed E-state index contributed by atoms with van der Waals surface area (Å²) in [5.74, 6) is 0.0576. The highest BCUT2D eigenvalue weighted by molar-refractivity contribution is 5.92. The van der Waals surface area contributed by atoms with E-state index in [-0.39, 0.29) is 5.91 Å². The number of aryl methyl sites for hydroxylation is 2. The molecule has 1 aliphatic carbocycles. The first kappa shape index (κ1) is 14.6. The molecule has 0 aromatic heterocycles. The molecule has 0 unspecified atom stereocenters. The third kappa shape index (κ3) is 3.30. The van der Waals surface area contributed by atoms with E-state index >= 15 is 0 Å². The first-order valence-corrected chi connectivity index (χ1v) is 7.98. The van der Waals surface area contributed by atoms with Crippen LogP contribution < -0.4 is 11.1 Å². The van der Waals surface area contributed by atoms with Gasteiger partial charge in [0.1, 0.15) is 0 Å². The quantitative estimate of drug-likeness (QED) is 0.844. The highest BCUT2D eigenvalue weighted by atomic mass is 16.1. The monoisotopic (exact) mass is 294 g/mol. The number of carbonyl (C=O) groups excluding carboxylic acids is 1. The van der Waals surface area contributed by atoms with E-state index in [9.17, 15) is 4.79 Å². The maximum atomic E-state index is 12.2. The van der Waals surface area contributed by atoms with Gasteiger partial charge < -0.3 is 11.1 Å². The Balaban J connectivity index is 1.64. The Kier molecular flexibility index (Phi) is 4.42. The largest absolute Gasteiger partial charge is 0.399 e. The highest BCUT2D eigenvalue weighted by Crippen LogP contribution is 2.28. The molecule has 114 valence electrons. The molecule has 3 nitrogen and oxygen atoms in total. The van der Waals surface area contributed by atoms with Gasteiger partial charge in [-0.3, -0.25) is 4.79 Å². The molecular formula is C19H22N2O. The fourth-order valence-electron chi connectivity index (χ4n) is 3.12. The normalized spacial score (nSPS) is 13.5. The molecule has 0 saturated heterocycles. The van der Waals surface area contributed by atoms with Crippen LogP contribution in [0.3, 0.4) is 0 Å². The Hall–Kier alpha value is -2.29. The Bertz CT molecular complexity index is 679. The van der Waals surface area contributed by atoms with E-state index in [4.69, 9.17) is 5.73 Å². The summed E-state index contributed by atoms with van der Waals surface area (Å²) in [6.07, 6.45) is 5.78. The first-order valence-electron chi connectivity index (χ1n) is 7.98. The predicted molar refractivity (Wildman–Crippen MR) is 90.9 cm³/mol. The number of hydrogen-bond donors (Lipinski definition) is 2. The van der Waals surface area contributed by atoms with Gasteiger partial charge >= 0.3 is 0 Å².